The molecule has 4 fully saturated rings. The van der Waals surface area contributed by atoms with E-state index in [1.165, 1.54) is 19.3 Å². The van der Waals surface area contributed by atoms with Crippen molar-refractivity contribution in [3.8, 4) is 5.75 Å². The largest absolute Gasteiger partial charge is 0.486 e. The first-order valence-electron chi connectivity index (χ1n) is 15.3. The monoisotopic (exact) mass is 556 g/mol. The molecule has 0 spiro atoms. The van der Waals surface area contributed by atoms with Crippen LogP contribution in [0.15, 0.2) is 66.2 Å². The summed E-state index contributed by atoms with van der Waals surface area (Å²) in [4.78, 5) is 29.7. The van der Waals surface area contributed by atoms with Crippen LogP contribution >= 0.6 is 0 Å². The van der Waals surface area contributed by atoms with Crippen molar-refractivity contribution in [2.24, 2.45) is 23.2 Å². The Morgan fingerprint density at radius 2 is 1.61 bits per heavy atom. The summed E-state index contributed by atoms with van der Waals surface area (Å²) in [5.74, 6) is 2.09. The first-order chi connectivity index (χ1) is 19.9. The molecule has 0 radical (unpaired) electrons. The van der Waals surface area contributed by atoms with Crippen LogP contribution in [0.3, 0.4) is 0 Å². The molecule has 2 amide bonds. The van der Waals surface area contributed by atoms with Gasteiger partial charge in [0, 0.05) is 24.2 Å². The number of fused-ring (bicyclic) bond motifs is 3. The number of aliphatic hydroxyl groups is 2. The van der Waals surface area contributed by atoms with Gasteiger partial charge in [-0.15, -0.1) is 0 Å². The SMILES string of the molecule is O=C(NCCO)C1=CC(N(CC23CC4CC(CC(C4)C2)C3)C(=O)Cc2ccccc2)C(O)C2Oc3ccccc3C12. The Labute approximate surface area is 241 Å². The van der Waals surface area contributed by atoms with Crippen LogP contribution in [0.1, 0.15) is 55.6 Å². The van der Waals surface area contributed by atoms with E-state index in [2.05, 4.69) is 5.32 Å². The number of aliphatic hydroxyl groups excluding tert-OH is 2. The Balaban J connectivity index is 1.27. The average molecular weight is 557 g/mol. The number of para-hydroxylation sites is 1. The first-order valence-corrected chi connectivity index (χ1v) is 15.3. The number of rotatable bonds is 8. The number of ether oxygens (including phenoxy) is 1. The number of nitrogens with zero attached hydrogens (tertiary/aromatic N) is 1. The van der Waals surface area contributed by atoms with Gasteiger partial charge in [-0.2, -0.15) is 0 Å². The lowest BCUT2D eigenvalue weighted by Crippen LogP contribution is -2.60. The maximum Gasteiger partial charge on any atom is 0.247 e. The van der Waals surface area contributed by atoms with E-state index in [1.807, 2.05) is 65.6 Å². The Morgan fingerprint density at radius 3 is 2.29 bits per heavy atom. The van der Waals surface area contributed by atoms with Gasteiger partial charge in [-0.1, -0.05) is 48.5 Å². The Bertz CT molecular complexity index is 1300. The normalized spacial score (nSPS) is 34.3. The Morgan fingerprint density at radius 1 is 0.951 bits per heavy atom. The summed E-state index contributed by atoms with van der Waals surface area (Å²) >= 11 is 0. The highest BCUT2D eigenvalue weighted by atomic mass is 16.5. The van der Waals surface area contributed by atoms with E-state index in [1.54, 1.807) is 0 Å². The topological polar surface area (TPSA) is 99.1 Å². The van der Waals surface area contributed by atoms with Crippen molar-refractivity contribution in [1.82, 2.24) is 10.2 Å². The summed E-state index contributed by atoms with van der Waals surface area (Å²) in [6, 6.07) is 16.7. The number of hydrogen-bond donors (Lipinski definition) is 3. The van der Waals surface area contributed by atoms with E-state index in [9.17, 15) is 19.8 Å². The fourth-order valence-corrected chi connectivity index (χ4v) is 9.27. The number of hydrogen-bond acceptors (Lipinski definition) is 5. The third kappa shape index (κ3) is 4.87. The van der Waals surface area contributed by atoms with Gasteiger partial charge in [0.15, 0.2) is 0 Å². The summed E-state index contributed by atoms with van der Waals surface area (Å²) in [6.07, 6.45) is 7.75. The fraction of sp³-hybridized carbons (Fsp3) is 0.529. The molecule has 3 N–H and O–H groups in total. The number of benzene rings is 2. The molecule has 4 unspecified atom stereocenters. The van der Waals surface area contributed by atoms with Crippen molar-refractivity contribution >= 4 is 11.8 Å². The van der Waals surface area contributed by atoms with Gasteiger partial charge in [0.1, 0.15) is 18.0 Å². The van der Waals surface area contributed by atoms with Gasteiger partial charge in [0.25, 0.3) is 0 Å². The second-order valence-electron chi connectivity index (χ2n) is 13.3. The van der Waals surface area contributed by atoms with E-state index in [0.29, 0.717) is 17.9 Å². The number of amides is 2. The predicted octanol–water partition coefficient (Wildman–Crippen LogP) is 3.60. The highest BCUT2D eigenvalue weighted by Gasteiger charge is 2.55. The maximum atomic E-state index is 14.3. The van der Waals surface area contributed by atoms with Gasteiger partial charge >= 0.3 is 0 Å². The van der Waals surface area contributed by atoms with Gasteiger partial charge in [0.2, 0.25) is 11.8 Å². The zero-order chi connectivity index (χ0) is 28.1. The fourth-order valence-electron chi connectivity index (χ4n) is 9.27. The molecule has 4 saturated carbocycles. The zero-order valence-electron chi connectivity index (χ0n) is 23.5. The molecule has 6 aliphatic rings. The van der Waals surface area contributed by atoms with E-state index >= 15 is 0 Å². The molecule has 0 saturated heterocycles. The van der Waals surface area contributed by atoms with E-state index in [4.69, 9.17) is 4.74 Å². The van der Waals surface area contributed by atoms with Crippen LogP contribution in [0.25, 0.3) is 0 Å². The molecule has 2 aromatic carbocycles. The molecule has 0 aromatic heterocycles. The van der Waals surface area contributed by atoms with Crippen LogP contribution in [0.5, 0.6) is 5.75 Å². The number of carbonyl (C=O) groups is 2. The molecule has 2 aromatic rings. The van der Waals surface area contributed by atoms with Crippen LogP contribution in [-0.2, 0) is 16.0 Å². The molecular weight excluding hydrogens is 516 g/mol. The zero-order valence-corrected chi connectivity index (χ0v) is 23.5. The van der Waals surface area contributed by atoms with E-state index < -0.39 is 24.2 Å². The summed E-state index contributed by atoms with van der Waals surface area (Å²) in [6.45, 7) is 0.559. The van der Waals surface area contributed by atoms with Gasteiger partial charge < -0.3 is 25.2 Å². The highest BCUT2D eigenvalue weighted by molar-refractivity contribution is 5.96. The second kappa shape index (κ2) is 10.6. The highest BCUT2D eigenvalue weighted by Crippen LogP contribution is 2.60. The van der Waals surface area contributed by atoms with Crippen molar-refractivity contribution < 1.29 is 24.5 Å². The molecule has 216 valence electrons. The standard InChI is InChI=1S/C34H40N2O5/c37-11-10-35-33(40)26-16-27(31(39)32-30(26)25-8-4-5-9-28(25)41-32)36(29(38)15-21-6-2-1-3-7-21)20-34-17-22-12-23(18-34)14-24(13-22)19-34/h1-9,16,22-24,27,30-32,37,39H,10-15,17-20H2,(H,35,40). The lowest BCUT2D eigenvalue weighted by molar-refractivity contribution is -0.144. The third-order valence-electron chi connectivity index (χ3n) is 10.4. The second-order valence-corrected chi connectivity index (χ2v) is 13.3. The molecule has 41 heavy (non-hydrogen) atoms. The lowest BCUT2D eigenvalue weighted by Gasteiger charge is -2.58. The first kappa shape index (κ1) is 26.7. The number of carbonyl (C=O) groups excluding carboxylic acids is 2. The molecular formula is C34H40N2O5. The Hall–Kier alpha value is -3.16. The van der Waals surface area contributed by atoms with Gasteiger partial charge in [-0.05, 0) is 79.4 Å². The third-order valence-corrected chi connectivity index (χ3v) is 10.4. The Kier molecular flexibility index (Phi) is 6.90. The minimum atomic E-state index is -0.990. The van der Waals surface area contributed by atoms with Crippen molar-refractivity contribution in [3.63, 3.8) is 0 Å². The van der Waals surface area contributed by atoms with Crippen LogP contribution in [0.2, 0.25) is 0 Å². The smallest absolute Gasteiger partial charge is 0.247 e. The average Bonchev–Trinajstić information content (AvgIpc) is 3.35. The van der Waals surface area contributed by atoms with E-state index in [-0.39, 0.29) is 36.8 Å². The number of nitrogens with one attached hydrogen (secondary N) is 1. The van der Waals surface area contributed by atoms with Gasteiger partial charge in [-0.3, -0.25) is 9.59 Å². The van der Waals surface area contributed by atoms with Crippen LogP contribution < -0.4 is 10.1 Å². The molecule has 1 heterocycles. The summed E-state index contributed by atoms with van der Waals surface area (Å²) in [5, 5.41) is 24.2. The molecule has 5 aliphatic carbocycles. The molecule has 7 nitrogen and oxygen atoms in total. The van der Waals surface area contributed by atoms with Crippen molar-refractivity contribution in [1.29, 1.82) is 0 Å². The van der Waals surface area contributed by atoms with Crippen molar-refractivity contribution in [2.75, 3.05) is 19.7 Å². The summed E-state index contributed by atoms with van der Waals surface area (Å²) in [5.41, 5.74) is 2.35. The quantitative estimate of drug-likeness (QED) is 0.462. The molecule has 4 bridgehead atoms. The van der Waals surface area contributed by atoms with Crippen LogP contribution in [0, 0.1) is 23.2 Å². The summed E-state index contributed by atoms with van der Waals surface area (Å²) < 4.78 is 6.32. The van der Waals surface area contributed by atoms with Gasteiger partial charge in [-0.25, -0.2) is 0 Å². The summed E-state index contributed by atoms with van der Waals surface area (Å²) in [7, 11) is 0. The van der Waals surface area contributed by atoms with Crippen molar-refractivity contribution in [3.05, 3.63) is 77.4 Å². The minimum absolute atomic E-state index is 0.0312. The minimum Gasteiger partial charge on any atom is -0.486 e. The lowest BCUT2D eigenvalue weighted by atomic mass is 9.49. The van der Waals surface area contributed by atoms with Gasteiger partial charge in [0.05, 0.1) is 25.0 Å². The molecule has 7 heteroatoms. The van der Waals surface area contributed by atoms with Crippen molar-refractivity contribution in [2.45, 2.75) is 69.1 Å². The molecule has 1 aliphatic heterocycles. The van der Waals surface area contributed by atoms with E-state index in [0.717, 1.165) is 48.1 Å². The maximum absolute atomic E-state index is 14.3. The van der Waals surface area contributed by atoms with Crippen LogP contribution in [-0.4, -0.2) is 64.9 Å². The molecule has 8 rings (SSSR count). The van der Waals surface area contributed by atoms with Crippen LogP contribution in [0.4, 0.5) is 0 Å². The molecule has 4 atom stereocenters. The predicted molar refractivity (Wildman–Crippen MR) is 154 cm³/mol.